The Labute approximate surface area is 128 Å². The molecule has 2 aromatic heterocycles. The molecule has 21 heavy (non-hydrogen) atoms. The number of alkyl halides is 6. The molecule has 2 heterocycles. The van der Waals surface area contributed by atoms with E-state index < -0.39 is 29.2 Å². The van der Waals surface area contributed by atoms with Crippen molar-refractivity contribution in [3.05, 3.63) is 47.8 Å². The van der Waals surface area contributed by atoms with Crippen LogP contribution < -0.4 is 0 Å². The van der Waals surface area contributed by atoms with Crippen molar-refractivity contribution < 1.29 is 45.8 Å². The number of aromatic nitrogens is 2. The Morgan fingerprint density at radius 2 is 1.43 bits per heavy atom. The van der Waals surface area contributed by atoms with Gasteiger partial charge in [0, 0.05) is 31.9 Å². The van der Waals surface area contributed by atoms with Gasteiger partial charge in [0.05, 0.1) is 16.8 Å². The van der Waals surface area contributed by atoms with Crippen LogP contribution in [0.15, 0.2) is 36.7 Å². The summed E-state index contributed by atoms with van der Waals surface area (Å²) >= 11 is 0. The fourth-order valence-electron chi connectivity index (χ4n) is 1.68. The van der Waals surface area contributed by atoms with Crippen LogP contribution in [0.1, 0.15) is 11.1 Å². The Bertz CT molecular complexity index is 609. The van der Waals surface area contributed by atoms with Crippen molar-refractivity contribution in [3.63, 3.8) is 0 Å². The zero-order valence-electron chi connectivity index (χ0n) is 9.98. The predicted molar refractivity (Wildman–Crippen MR) is 57.5 cm³/mol. The van der Waals surface area contributed by atoms with Gasteiger partial charge in [-0.25, -0.2) is 0 Å². The fourth-order valence-corrected chi connectivity index (χ4v) is 1.68. The fraction of sp³-hybridized carbons (Fsp3) is 0.167. The minimum Gasteiger partial charge on any atom is -0.255 e. The second-order valence-corrected chi connectivity index (χ2v) is 3.79. The standard InChI is InChI=1S/C12H6F6N2.Ru/c13-11(14,15)7-4-6-20-10(9(7)12(16,17)18)8-3-1-2-5-19-8;/h1-6H;. The van der Waals surface area contributed by atoms with Crippen LogP contribution in [0.5, 0.6) is 0 Å². The molecule has 0 radical (unpaired) electrons. The molecule has 0 amide bonds. The average Bonchev–Trinajstić information content (AvgIpc) is 2.37. The van der Waals surface area contributed by atoms with E-state index in [1.807, 2.05) is 0 Å². The molecule has 0 fully saturated rings. The van der Waals surface area contributed by atoms with Crippen molar-refractivity contribution in [1.29, 1.82) is 0 Å². The molecular weight excluding hydrogens is 387 g/mol. The van der Waals surface area contributed by atoms with Gasteiger partial charge in [-0.3, -0.25) is 9.97 Å². The van der Waals surface area contributed by atoms with Crippen molar-refractivity contribution in [2.24, 2.45) is 0 Å². The van der Waals surface area contributed by atoms with Crippen LogP contribution in [-0.2, 0) is 31.8 Å². The summed E-state index contributed by atoms with van der Waals surface area (Å²) in [6.45, 7) is 0. The molecule has 0 aromatic carbocycles. The molecule has 0 saturated carbocycles. The van der Waals surface area contributed by atoms with E-state index in [9.17, 15) is 26.3 Å². The normalized spacial score (nSPS) is 11.9. The molecule has 2 aromatic rings. The van der Waals surface area contributed by atoms with Crippen molar-refractivity contribution in [2.45, 2.75) is 12.4 Å². The van der Waals surface area contributed by atoms with Gasteiger partial charge in [-0.05, 0) is 18.2 Å². The Kier molecular flexibility index (Phi) is 5.09. The van der Waals surface area contributed by atoms with Crippen LogP contribution in [0.2, 0.25) is 0 Å². The Morgan fingerprint density at radius 1 is 0.762 bits per heavy atom. The second kappa shape index (κ2) is 6.09. The van der Waals surface area contributed by atoms with Crippen molar-refractivity contribution in [1.82, 2.24) is 9.97 Å². The molecule has 0 aliphatic rings. The van der Waals surface area contributed by atoms with E-state index >= 15 is 0 Å². The smallest absolute Gasteiger partial charge is 0.255 e. The van der Waals surface area contributed by atoms with E-state index in [2.05, 4.69) is 9.97 Å². The van der Waals surface area contributed by atoms with E-state index in [1.54, 1.807) is 0 Å². The number of halogens is 6. The molecule has 0 N–H and O–H groups in total. The van der Waals surface area contributed by atoms with Crippen LogP contribution in [0.3, 0.4) is 0 Å². The molecule has 0 atom stereocenters. The molecule has 0 aliphatic carbocycles. The van der Waals surface area contributed by atoms with Gasteiger partial charge >= 0.3 is 12.4 Å². The Morgan fingerprint density at radius 3 is 1.90 bits per heavy atom. The first kappa shape index (κ1) is 17.6. The van der Waals surface area contributed by atoms with Crippen molar-refractivity contribution in [3.8, 4) is 11.4 Å². The van der Waals surface area contributed by atoms with Gasteiger partial charge < -0.3 is 0 Å². The third-order valence-electron chi connectivity index (χ3n) is 2.45. The Balaban J connectivity index is 0.00000220. The summed E-state index contributed by atoms with van der Waals surface area (Å²) in [5.74, 6) is 0. The summed E-state index contributed by atoms with van der Waals surface area (Å²) in [7, 11) is 0. The first-order valence-corrected chi connectivity index (χ1v) is 5.26. The topological polar surface area (TPSA) is 25.8 Å². The van der Waals surface area contributed by atoms with Gasteiger partial charge in [-0.15, -0.1) is 0 Å². The molecule has 2 nitrogen and oxygen atoms in total. The zero-order chi connectivity index (χ0) is 15.0. The number of nitrogens with zero attached hydrogens (tertiary/aromatic N) is 2. The van der Waals surface area contributed by atoms with E-state index in [4.69, 9.17) is 0 Å². The first-order valence-electron chi connectivity index (χ1n) is 5.26. The van der Waals surface area contributed by atoms with Crippen LogP contribution in [-0.4, -0.2) is 9.97 Å². The van der Waals surface area contributed by atoms with E-state index in [0.29, 0.717) is 12.3 Å². The number of pyridine rings is 2. The van der Waals surface area contributed by atoms with Crippen LogP contribution >= 0.6 is 0 Å². The summed E-state index contributed by atoms with van der Waals surface area (Å²) < 4.78 is 77.0. The van der Waals surface area contributed by atoms with Gasteiger partial charge in [-0.1, -0.05) is 6.07 Å². The zero-order valence-corrected chi connectivity index (χ0v) is 11.7. The molecule has 0 spiro atoms. The molecule has 114 valence electrons. The summed E-state index contributed by atoms with van der Waals surface area (Å²) in [4.78, 5) is 7.02. The van der Waals surface area contributed by atoms with Crippen LogP contribution in [0, 0.1) is 0 Å². The number of rotatable bonds is 1. The number of hydrogen-bond acceptors (Lipinski definition) is 2. The van der Waals surface area contributed by atoms with Crippen molar-refractivity contribution in [2.75, 3.05) is 0 Å². The molecular formula is C12H6F6N2Ru. The Hall–Kier alpha value is -1.50. The van der Waals surface area contributed by atoms with Gasteiger partial charge in [0.1, 0.15) is 5.69 Å². The van der Waals surface area contributed by atoms with Gasteiger partial charge in [0.25, 0.3) is 0 Å². The van der Waals surface area contributed by atoms with E-state index in [-0.39, 0.29) is 25.2 Å². The maximum absolute atomic E-state index is 13.0. The van der Waals surface area contributed by atoms with Crippen LogP contribution in [0.4, 0.5) is 26.3 Å². The molecule has 0 unspecified atom stereocenters. The predicted octanol–water partition coefficient (Wildman–Crippen LogP) is 4.18. The monoisotopic (exact) mass is 394 g/mol. The third-order valence-corrected chi connectivity index (χ3v) is 2.45. The molecule has 0 bridgehead atoms. The first-order chi connectivity index (χ1) is 9.21. The van der Waals surface area contributed by atoms with E-state index in [0.717, 1.165) is 6.07 Å². The maximum Gasteiger partial charge on any atom is 0.419 e. The molecule has 0 saturated heterocycles. The third kappa shape index (κ3) is 3.78. The van der Waals surface area contributed by atoms with Gasteiger partial charge in [0.2, 0.25) is 0 Å². The maximum atomic E-state index is 13.0. The minimum absolute atomic E-state index is 0. The minimum atomic E-state index is -5.19. The number of hydrogen-bond donors (Lipinski definition) is 0. The largest absolute Gasteiger partial charge is 0.419 e. The van der Waals surface area contributed by atoms with Gasteiger partial charge in [0.15, 0.2) is 0 Å². The SMILES string of the molecule is FC(F)(F)c1ccnc(-c2ccccn2)c1C(F)(F)F.[Ru]. The second-order valence-electron chi connectivity index (χ2n) is 3.79. The molecule has 2 rings (SSSR count). The van der Waals surface area contributed by atoms with E-state index in [1.165, 1.54) is 18.3 Å². The summed E-state index contributed by atoms with van der Waals surface area (Å²) in [5, 5.41) is 0. The quantitative estimate of drug-likeness (QED) is 0.537. The average molecular weight is 393 g/mol. The summed E-state index contributed by atoms with van der Waals surface area (Å²) in [6.07, 6.45) is -8.46. The molecule has 9 heteroatoms. The van der Waals surface area contributed by atoms with Gasteiger partial charge in [-0.2, -0.15) is 26.3 Å². The van der Waals surface area contributed by atoms with Crippen molar-refractivity contribution >= 4 is 0 Å². The summed E-state index contributed by atoms with van der Waals surface area (Å²) in [5.41, 5.74) is -4.72. The molecule has 0 aliphatic heterocycles. The van der Waals surface area contributed by atoms with Crippen LogP contribution in [0.25, 0.3) is 11.4 Å². The summed E-state index contributed by atoms with van der Waals surface area (Å²) in [6, 6.07) is 4.27.